The fraction of sp³-hybridized carbons (Fsp3) is 0.462. The first-order chi connectivity index (χ1) is 9.39. The van der Waals surface area contributed by atoms with Gasteiger partial charge in [-0.3, -0.25) is 4.79 Å². The number of ether oxygens (including phenoxy) is 1. The van der Waals surface area contributed by atoms with Crippen molar-refractivity contribution in [3.8, 4) is 5.75 Å². The van der Waals surface area contributed by atoms with Gasteiger partial charge in [0, 0.05) is 18.7 Å². The smallest absolute Gasteiger partial charge is 0.406 e. The van der Waals surface area contributed by atoms with Crippen LogP contribution in [0.2, 0.25) is 0 Å². The highest BCUT2D eigenvalue weighted by molar-refractivity contribution is 5.94. The van der Waals surface area contributed by atoms with Crippen molar-refractivity contribution in [3.63, 3.8) is 0 Å². The van der Waals surface area contributed by atoms with Crippen molar-refractivity contribution in [1.29, 1.82) is 0 Å². The molecule has 1 saturated heterocycles. The first kappa shape index (κ1) is 14.6. The van der Waals surface area contributed by atoms with Gasteiger partial charge in [-0.25, -0.2) is 0 Å². The zero-order chi connectivity index (χ0) is 14.8. The van der Waals surface area contributed by atoms with Gasteiger partial charge in [0.2, 0.25) is 0 Å². The number of amides is 1. The number of carbonyl (C=O) groups excluding carboxylic acids is 1. The minimum Gasteiger partial charge on any atom is -0.406 e. The van der Waals surface area contributed by atoms with E-state index in [0.29, 0.717) is 31.1 Å². The van der Waals surface area contributed by atoms with E-state index in [9.17, 15) is 18.0 Å². The van der Waals surface area contributed by atoms with Crippen LogP contribution in [-0.2, 0) is 0 Å². The lowest BCUT2D eigenvalue weighted by molar-refractivity contribution is -0.274. The Balaban J connectivity index is 2.01. The minimum atomic E-state index is -4.73. The van der Waals surface area contributed by atoms with Crippen molar-refractivity contribution in [3.05, 3.63) is 29.8 Å². The van der Waals surface area contributed by atoms with Crippen molar-refractivity contribution in [2.45, 2.75) is 12.8 Å². The van der Waals surface area contributed by atoms with E-state index in [-0.39, 0.29) is 11.7 Å². The average molecular weight is 288 g/mol. The molecule has 0 spiro atoms. The van der Waals surface area contributed by atoms with Crippen molar-refractivity contribution < 1.29 is 22.7 Å². The number of hydrogen-bond donors (Lipinski definition) is 1. The molecule has 7 heteroatoms. The molecule has 1 amide bonds. The number of rotatable bonds is 3. The van der Waals surface area contributed by atoms with Crippen molar-refractivity contribution in [2.75, 3.05) is 19.6 Å². The Morgan fingerprint density at radius 2 is 2.00 bits per heavy atom. The summed E-state index contributed by atoms with van der Waals surface area (Å²) in [5.41, 5.74) is 5.90. The molecular weight excluding hydrogens is 273 g/mol. The maximum absolute atomic E-state index is 12.1. The van der Waals surface area contributed by atoms with Crippen LogP contribution in [0.4, 0.5) is 13.2 Å². The van der Waals surface area contributed by atoms with E-state index in [1.54, 1.807) is 4.90 Å². The summed E-state index contributed by atoms with van der Waals surface area (Å²) < 4.78 is 39.8. The van der Waals surface area contributed by atoms with Gasteiger partial charge in [0.05, 0.1) is 0 Å². The molecule has 0 bridgehead atoms. The topological polar surface area (TPSA) is 55.6 Å². The molecule has 1 unspecified atom stereocenters. The molecule has 1 fully saturated rings. The maximum atomic E-state index is 12.1. The summed E-state index contributed by atoms with van der Waals surface area (Å²) in [4.78, 5) is 13.8. The normalized spacial score (nSPS) is 19.2. The predicted octanol–water partition coefficient (Wildman–Crippen LogP) is 2.01. The number of nitrogens with zero attached hydrogens (tertiary/aromatic N) is 1. The summed E-state index contributed by atoms with van der Waals surface area (Å²) >= 11 is 0. The van der Waals surface area contributed by atoms with Crippen LogP contribution in [0, 0.1) is 5.92 Å². The van der Waals surface area contributed by atoms with Gasteiger partial charge in [0.25, 0.3) is 5.91 Å². The molecule has 1 aliphatic rings. The molecule has 4 nitrogen and oxygen atoms in total. The van der Waals surface area contributed by atoms with Gasteiger partial charge in [-0.05, 0) is 43.1 Å². The monoisotopic (exact) mass is 288 g/mol. The molecule has 1 aromatic carbocycles. The van der Waals surface area contributed by atoms with Crippen LogP contribution in [0.3, 0.4) is 0 Å². The van der Waals surface area contributed by atoms with Gasteiger partial charge in [-0.2, -0.15) is 0 Å². The average Bonchev–Trinajstić information content (AvgIpc) is 2.85. The lowest BCUT2D eigenvalue weighted by atomic mass is 10.1. The Bertz CT molecular complexity index is 473. The third-order valence-corrected chi connectivity index (χ3v) is 3.24. The minimum absolute atomic E-state index is 0.195. The van der Waals surface area contributed by atoms with Crippen LogP contribution in [-0.4, -0.2) is 36.8 Å². The van der Waals surface area contributed by atoms with E-state index in [4.69, 9.17) is 5.73 Å². The van der Waals surface area contributed by atoms with Gasteiger partial charge < -0.3 is 15.4 Å². The Labute approximate surface area is 114 Å². The molecule has 1 atom stereocenters. The summed E-state index contributed by atoms with van der Waals surface area (Å²) in [7, 11) is 0. The molecule has 0 radical (unpaired) electrons. The van der Waals surface area contributed by atoms with Crippen LogP contribution >= 0.6 is 0 Å². The lowest BCUT2D eigenvalue weighted by Crippen LogP contribution is -2.29. The number of alkyl halides is 3. The third-order valence-electron chi connectivity index (χ3n) is 3.24. The Hall–Kier alpha value is -1.76. The lowest BCUT2D eigenvalue weighted by Gasteiger charge is -2.16. The maximum Gasteiger partial charge on any atom is 0.573 e. The molecule has 1 aromatic rings. The number of likely N-dealkylation sites (tertiary alicyclic amines) is 1. The van der Waals surface area contributed by atoms with Crippen LogP contribution in [0.25, 0.3) is 0 Å². The number of nitrogens with two attached hydrogens (primary N) is 1. The SMILES string of the molecule is NCC1CCN(C(=O)c2ccc(OC(F)(F)F)cc2)C1. The van der Waals surface area contributed by atoms with E-state index in [1.165, 1.54) is 12.1 Å². The fourth-order valence-corrected chi connectivity index (χ4v) is 2.19. The molecule has 0 aromatic heterocycles. The van der Waals surface area contributed by atoms with Gasteiger partial charge in [0.15, 0.2) is 0 Å². The van der Waals surface area contributed by atoms with Gasteiger partial charge >= 0.3 is 6.36 Å². The molecule has 20 heavy (non-hydrogen) atoms. The number of benzene rings is 1. The number of halogens is 3. The zero-order valence-electron chi connectivity index (χ0n) is 10.7. The highest BCUT2D eigenvalue weighted by atomic mass is 19.4. The highest BCUT2D eigenvalue weighted by Crippen LogP contribution is 2.24. The van der Waals surface area contributed by atoms with Gasteiger partial charge in [-0.1, -0.05) is 0 Å². The van der Waals surface area contributed by atoms with E-state index in [0.717, 1.165) is 18.6 Å². The summed E-state index contributed by atoms with van der Waals surface area (Å²) in [6.45, 7) is 1.75. The Kier molecular flexibility index (Phi) is 4.17. The van der Waals surface area contributed by atoms with Crippen LogP contribution in [0.15, 0.2) is 24.3 Å². The Morgan fingerprint density at radius 1 is 1.35 bits per heavy atom. The van der Waals surface area contributed by atoms with Crippen molar-refractivity contribution >= 4 is 5.91 Å². The predicted molar refractivity (Wildman–Crippen MR) is 66.2 cm³/mol. The summed E-state index contributed by atoms with van der Waals surface area (Å²) in [6.07, 6.45) is -3.87. The molecule has 2 N–H and O–H groups in total. The molecule has 1 aliphatic heterocycles. The second kappa shape index (κ2) is 5.70. The largest absolute Gasteiger partial charge is 0.573 e. The van der Waals surface area contributed by atoms with E-state index < -0.39 is 6.36 Å². The Morgan fingerprint density at radius 3 is 2.50 bits per heavy atom. The molecule has 2 rings (SSSR count). The zero-order valence-corrected chi connectivity index (χ0v) is 10.7. The first-order valence-corrected chi connectivity index (χ1v) is 6.24. The van der Waals surface area contributed by atoms with Crippen LogP contribution in [0.5, 0.6) is 5.75 Å². The second-order valence-electron chi connectivity index (χ2n) is 4.71. The number of hydrogen-bond acceptors (Lipinski definition) is 3. The van der Waals surface area contributed by atoms with E-state index in [1.807, 2.05) is 0 Å². The van der Waals surface area contributed by atoms with E-state index >= 15 is 0 Å². The standard InChI is InChI=1S/C13H15F3N2O2/c14-13(15,16)20-11-3-1-10(2-4-11)12(19)18-6-5-9(7-17)8-18/h1-4,9H,5-8,17H2. The van der Waals surface area contributed by atoms with E-state index in [2.05, 4.69) is 4.74 Å². The van der Waals surface area contributed by atoms with Crippen molar-refractivity contribution in [1.82, 2.24) is 4.90 Å². The van der Waals surface area contributed by atoms with Crippen LogP contribution < -0.4 is 10.5 Å². The highest BCUT2D eigenvalue weighted by Gasteiger charge is 2.31. The fourth-order valence-electron chi connectivity index (χ4n) is 2.19. The molecular formula is C13H15F3N2O2. The molecule has 1 heterocycles. The number of carbonyl (C=O) groups is 1. The third kappa shape index (κ3) is 3.63. The molecule has 0 aliphatic carbocycles. The van der Waals surface area contributed by atoms with Gasteiger partial charge in [0.1, 0.15) is 5.75 Å². The summed E-state index contributed by atoms with van der Waals surface area (Å²) in [5.74, 6) is -0.235. The van der Waals surface area contributed by atoms with Gasteiger partial charge in [-0.15, -0.1) is 13.2 Å². The summed E-state index contributed by atoms with van der Waals surface area (Å²) in [6, 6.07) is 4.94. The van der Waals surface area contributed by atoms with Crippen molar-refractivity contribution in [2.24, 2.45) is 11.7 Å². The molecule has 0 saturated carbocycles. The molecule has 110 valence electrons. The first-order valence-electron chi connectivity index (χ1n) is 6.24. The summed E-state index contributed by atoms with van der Waals surface area (Å²) in [5, 5.41) is 0. The second-order valence-corrected chi connectivity index (χ2v) is 4.71. The quantitative estimate of drug-likeness (QED) is 0.925. The van der Waals surface area contributed by atoms with Crippen LogP contribution in [0.1, 0.15) is 16.8 Å².